The normalized spacial score (nSPS) is 6.71. The molecule has 0 spiro atoms. The van der Waals surface area contributed by atoms with Crippen LogP contribution in [-0.4, -0.2) is 0 Å². The first-order valence-electron chi connectivity index (χ1n) is 1.91. The Morgan fingerprint density at radius 3 is 2.00 bits per heavy atom. The Morgan fingerprint density at radius 1 is 1.57 bits per heavy atom. The number of nitrogens with zero attached hydrogens (tertiary/aromatic N) is 1. The van der Waals surface area contributed by atoms with Crippen molar-refractivity contribution in [2.24, 2.45) is 0 Å². The maximum atomic E-state index is 6.50. The van der Waals surface area contributed by atoms with Gasteiger partial charge in [0.25, 0.3) is 0 Å². The van der Waals surface area contributed by atoms with Gasteiger partial charge in [0.2, 0.25) is 0 Å². The molecule has 0 aliphatic carbocycles. The monoisotopic (exact) mass is 95.1 g/mol. The van der Waals surface area contributed by atoms with Crippen molar-refractivity contribution in [1.29, 1.82) is 5.26 Å². The van der Waals surface area contributed by atoms with E-state index in [1.807, 2.05) is 19.1 Å². The van der Waals surface area contributed by atoms with Gasteiger partial charge in [-0.2, -0.15) is 0 Å². The van der Waals surface area contributed by atoms with Crippen LogP contribution in [0.2, 0.25) is 0 Å². The maximum absolute atomic E-state index is 6.50. The maximum Gasteiger partial charge on any atom is 0.0462 e. The molecule has 0 amide bonds. The number of hydrogen-bond acceptors (Lipinski definition) is 1. The van der Waals surface area contributed by atoms with Crippen LogP contribution in [0, 0.1) is 11.8 Å². The zero-order chi connectivity index (χ0) is 6.12. The third-order valence-electron chi connectivity index (χ3n) is 0.329. The minimum atomic E-state index is 1.75. The van der Waals surface area contributed by atoms with Crippen molar-refractivity contribution >= 4 is 0 Å². The summed E-state index contributed by atoms with van der Waals surface area (Å²) in [6, 6.07) is 0. The molecule has 0 atom stereocenters. The molecule has 0 bridgehead atoms. The van der Waals surface area contributed by atoms with Crippen LogP contribution in [-0.2, 0) is 0 Å². The van der Waals surface area contributed by atoms with Gasteiger partial charge in [-0.25, -0.2) is 5.26 Å². The summed E-state index contributed by atoms with van der Waals surface area (Å²) in [6.07, 6.45) is 5.58. The fourth-order valence-corrected chi connectivity index (χ4v) is 0.136. The van der Waals surface area contributed by atoms with Gasteiger partial charge in [0, 0.05) is 6.57 Å². The average molecular weight is 95.1 g/mol. The Bertz CT molecular complexity index is 69.5. The molecule has 0 saturated carbocycles. The zero-order valence-electron chi connectivity index (χ0n) is 4.46. The lowest BCUT2D eigenvalue weighted by Crippen LogP contribution is -1.33. The summed E-state index contributed by atoms with van der Waals surface area (Å²) in [4.78, 5) is 0. The SMILES string of the molecule is C#N.C=CC=CC. The summed E-state index contributed by atoms with van der Waals surface area (Å²) < 4.78 is 0. The summed E-state index contributed by atoms with van der Waals surface area (Å²) in [5.41, 5.74) is 0. The minimum Gasteiger partial charge on any atom is -0.202 e. The van der Waals surface area contributed by atoms with Gasteiger partial charge in [-0.05, 0) is 6.92 Å². The van der Waals surface area contributed by atoms with Gasteiger partial charge in [-0.1, -0.05) is 24.8 Å². The topological polar surface area (TPSA) is 23.8 Å². The second-order valence-electron chi connectivity index (χ2n) is 0.761. The largest absolute Gasteiger partial charge is 0.202 e. The van der Waals surface area contributed by atoms with Crippen molar-refractivity contribution in [3.63, 3.8) is 0 Å². The predicted octanol–water partition coefficient (Wildman–Crippen LogP) is 1.89. The lowest BCUT2D eigenvalue weighted by molar-refractivity contribution is 1.58. The Labute approximate surface area is 44.6 Å². The van der Waals surface area contributed by atoms with Crippen molar-refractivity contribution in [3.8, 4) is 6.57 Å². The van der Waals surface area contributed by atoms with Gasteiger partial charge < -0.3 is 0 Å². The molecule has 1 heteroatoms. The highest BCUT2D eigenvalue weighted by Gasteiger charge is 1.42. The molecule has 7 heavy (non-hydrogen) atoms. The molecule has 0 heterocycles. The summed E-state index contributed by atoms with van der Waals surface area (Å²) in [6.45, 7) is 8.92. The second-order valence-corrected chi connectivity index (χ2v) is 0.761. The Morgan fingerprint density at radius 2 is 2.00 bits per heavy atom. The van der Waals surface area contributed by atoms with Gasteiger partial charge in [0.1, 0.15) is 0 Å². The number of allylic oxidation sites excluding steroid dienone is 3. The lowest BCUT2D eigenvalue weighted by Gasteiger charge is -1.56. The van der Waals surface area contributed by atoms with Gasteiger partial charge >= 0.3 is 0 Å². The van der Waals surface area contributed by atoms with Crippen molar-refractivity contribution < 1.29 is 0 Å². The quantitative estimate of drug-likeness (QED) is 0.456. The first-order chi connectivity index (χ1) is 3.41. The van der Waals surface area contributed by atoms with Gasteiger partial charge in [-0.15, -0.1) is 0 Å². The molecule has 0 aromatic rings. The molecule has 0 aliphatic heterocycles. The van der Waals surface area contributed by atoms with Crippen LogP contribution < -0.4 is 0 Å². The average Bonchev–Trinajstić information content (AvgIpc) is 1.75. The van der Waals surface area contributed by atoms with Gasteiger partial charge in [0.15, 0.2) is 0 Å². The summed E-state index contributed by atoms with van der Waals surface area (Å²) in [7, 11) is 0. The van der Waals surface area contributed by atoms with E-state index in [9.17, 15) is 0 Å². The van der Waals surface area contributed by atoms with E-state index in [4.69, 9.17) is 5.26 Å². The Balaban J connectivity index is 0. The van der Waals surface area contributed by atoms with Crippen molar-refractivity contribution in [3.05, 3.63) is 24.8 Å². The van der Waals surface area contributed by atoms with E-state index in [0.29, 0.717) is 0 Å². The third kappa shape index (κ3) is 46.6. The molecule has 0 rings (SSSR count). The van der Waals surface area contributed by atoms with E-state index >= 15 is 0 Å². The first-order valence-corrected chi connectivity index (χ1v) is 1.91. The molecule has 0 fully saturated rings. The highest BCUT2D eigenvalue weighted by atomic mass is 14.2. The highest BCUT2D eigenvalue weighted by molar-refractivity contribution is 4.94. The number of hydrogen-bond donors (Lipinski definition) is 0. The van der Waals surface area contributed by atoms with E-state index in [0.717, 1.165) is 0 Å². The minimum absolute atomic E-state index is 1.75. The van der Waals surface area contributed by atoms with Crippen LogP contribution in [0.25, 0.3) is 0 Å². The molecule has 0 N–H and O–H groups in total. The van der Waals surface area contributed by atoms with Crippen molar-refractivity contribution in [2.45, 2.75) is 6.92 Å². The molecular formula is C6H9N. The predicted molar refractivity (Wildman–Crippen MR) is 31.7 cm³/mol. The fourth-order valence-electron chi connectivity index (χ4n) is 0.136. The van der Waals surface area contributed by atoms with E-state index in [1.54, 1.807) is 6.08 Å². The van der Waals surface area contributed by atoms with Crippen LogP contribution in [0.15, 0.2) is 24.8 Å². The van der Waals surface area contributed by atoms with Crippen LogP contribution in [0.4, 0.5) is 0 Å². The Kier molecular flexibility index (Phi) is 27.0. The molecular weight excluding hydrogens is 86.1 g/mol. The van der Waals surface area contributed by atoms with E-state index in [-0.39, 0.29) is 0 Å². The molecule has 0 aliphatic rings. The van der Waals surface area contributed by atoms with Gasteiger partial charge in [-0.3, -0.25) is 0 Å². The molecule has 0 aromatic carbocycles. The Hall–Kier alpha value is -1.03. The summed E-state index contributed by atoms with van der Waals surface area (Å²) in [5.74, 6) is 0. The lowest BCUT2D eigenvalue weighted by atomic mass is 10.5. The zero-order valence-corrected chi connectivity index (χ0v) is 4.46. The van der Waals surface area contributed by atoms with E-state index in [1.165, 1.54) is 0 Å². The van der Waals surface area contributed by atoms with Crippen LogP contribution >= 0.6 is 0 Å². The molecule has 0 saturated heterocycles. The molecule has 0 radical (unpaired) electrons. The number of rotatable bonds is 1. The molecule has 38 valence electrons. The van der Waals surface area contributed by atoms with Gasteiger partial charge in [0.05, 0.1) is 0 Å². The molecule has 1 nitrogen and oxygen atoms in total. The fraction of sp³-hybridized carbons (Fsp3) is 0.167. The third-order valence-corrected chi connectivity index (χ3v) is 0.329. The smallest absolute Gasteiger partial charge is 0.0462 e. The van der Waals surface area contributed by atoms with E-state index < -0.39 is 0 Å². The summed E-state index contributed by atoms with van der Waals surface area (Å²) in [5, 5.41) is 6.50. The van der Waals surface area contributed by atoms with Crippen molar-refractivity contribution in [2.75, 3.05) is 0 Å². The summed E-state index contributed by atoms with van der Waals surface area (Å²) >= 11 is 0. The standard InChI is InChI=1S/C5H8.CHN/c1-3-5-4-2;1-2/h3-5H,1H2,2H3;1H. The number of nitriles is 1. The highest BCUT2D eigenvalue weighted by Crippen LogP contribution is 1.64. The van der Waals surface area contributed by atoms with Crippen LogP contribution in [0.3, 0.4) is 0 Å². The second kappa shape index (κ2) is 20.2. The van der Waals surface area contributed by atoms with Crippen molar-refractivity contribution in [1.82, 2.24) is 0 Å². The van der Waals surface area contributed by atoms with E-state index in [2.05, 4.69) is 13.2 Å². The molecule has 0 aromatic heterocycles. The molecule has 0 unspecified atom stereocenters. The van der Waals surface area contributed by atoms with Crippen LogP contribution in [0.1, 0.15) is 6.92 Å². The van der Waals surface area contributed by atoms with Crippen LogP contribution in [0.5, 0.6) is 0 Å². The first kappa shape index (κ1) is 9.36.